The molecule has 6 heteroatoms. The lowest BCUT2D eigenvalue weighted by Crippen LogP contribution is -2.51. The van der Waals surface area contributed by atoms with Crippen LogP contribution in [0, 0.1) is 0 Å². The molecular weight excluding hydrogens is 200 g/mol. The van der Waals surface area contributed by atoms with Crippen molar-refractivity contribution in [2.24, 2.45) is 0 Å². The van der Waals surface area contributed by atoms with Crippen molar-refractivity contribution in [3.05, 3.63) is 0 Å². The number of hydrogen-bond acceptors (Lipinski definition) is 4. The van der Waals surface area contributed by atoms with Gasteiger partial charge >= 0.3 is 11.8 Å². The molecule has 88 valence electrons. The highest BCUT2D eigenvalue weighted by atomic mass is 16.3. The zero-order chi connectivity index (χ0) is 11.9. The second kappa shape index (κ2) is 6.36. The molecule has 6 nitrogen and oxygen atoms in total. The number of carbonyl (C=O) groups is 2. The van der Waals surface area contributed by atoms with E-state index in [-0.39, 0.29) is 19.8 Å². The van der Waals surface area contributed by atoms with Crippen molar-refractivity contribution >= 4 is 11.8 Å². The number of aliphatic hydroxyl groups excluding tert-OH is 2. The molecule has 0 atom stereocenters. The molecule has 0 aliphatic heterocycles. The van der Waals surface area contributed by atoms with Crippen molar-refractivity contribution in [2.75, 3.05) is 19.8 Å². The molecule has 0 fully saturated rings. The van der Waals surface area contributed by atoms with E-state index in [9.17, 15) is 9.59 Å². The highest BCUT2D eigenvalue weighted by Crippen LogP contribution is 1.98. The Morgan fingerprint density at radius 3 is 2.27 bits per heavy atom. The van der Waals surface area contributed by atoms with E-state index in [1.54, 1.807) is 13.8 Å². The van der Waals surface area contributed by atoms with Crippen LogP contribution in [0.2, 0.25) is 0 Å². The summed E-state index contributed by atoms with van der Waals surface area (Å²) in [5, 5.41) is 22.0. The number of rotatable bonds is 5. The van der Waals surface area contributed by atoms with Gasteiger partial charge in [-0.15, -0.1) is 0 Å². The fourth-order valence-corrected chi connectivity index (χ4v) is 0.765. The standard InChI is InChI=1S/C9H18N2O4/c1-9(2,6-13)11-8(15)7(14)10-4-3-5-12/h12-13H,3-6H2,1-2H3,(H,10,14)(H,11,15). The van der Waals surface area contributed by atoms with Crippen LogP contribution in [-0.4, -0.2) is 47.3 Å². The van der Waals surface area contributed by atoms with E-state index in [0.29, 0.717) is 6.42 Å². The summed E-state index contributed by atoms with van der Waals surface area (Å²) in [6.45, 7) is 3.17. The maximum absolute atomic E-state index is 11.2. The van der Waals surface area contributed by atoms with Crippen LogP contribution in [-0.2, 0) is 9.59 Å². The third kappa shape index (κ3) is 6.03. The molecule has 0 saturated heterocycles. The smallest absolute Gasteiger partial charge is 0.309 e. The Kier molecular flexibility index (Phi) is 5.88. The molecule has 0 aromatic rings. The highest BCUT2D eigenvalue weighted by Gasteiger charge is 2.23. The Bertz CT molecular complexity index is 228. The predicted molar refractivity (Wildman–Crippen MR) is 54.0 cm³/mol. The molecule has 0 aromatic carbocycles. The fraction of sp³-hybridized carbons (Fsp3) is 0.778. The predicted octanol–water partition coefficient (Wildman–Crippen LogP) is -1.63. The first-order valence-electron chi connectivity index (χ1n) is 4.75. The third-order valence-electron chi connectivity index (χ3n) is 1.67. The largest absolute Gasteiger partial charge is 0.396 e. The Morgan fingerprint density at radius 2 is 1.80 bits per heavy atom. The lowest BCUT2D eigenvalue weighted by molar-refractivity contribution is -0.140. The van der Waals surface area contributed by atoms with Crippen LogP contribution in [0.25, 0.3) is 0 Å². The van der Waals surface area contributed by atoms with Gasteiger partial charge < -0.3 is 20.8 Å². The van der Waals surface area contributed by atoms with Gasteiger partial charge in [-0.05, 0) is 20.3 Å². The molecule has 15 heavy (non-hydrogen) atoms. The highest BCUT2D eigenvalue weighted by molar-refractivity contribution is 6.35. The molecule has 0 spiro atoms. The average Bonchev–Trinajstić information content (AvgIpc) is 2.17. The zero-order valence-electron chi connectivity index (χ0n) is 9.04. The molecule has 0 saturated carbocycles. The Hall–Kier alpha value is -1.14. The molecule has 0 unspecified atom stereocenters. The second-order valence-corrected chi connectivity index (χ2v) is 3.83. The first kappa shape index (κ1) is 13.9. The molecule has 0 aliphatic rings. The van der Waals surface area contributed by atoms with E-state index < -0.39 is 17.4 Å². The van der Waals surface area contributed by atoms with E-state index in [1.165, 1.54) is 0 Å². The van der Waals surface area contributed by atoms with Gasteiger partial charge in [-0.25, -0.2) is 0 Å². The van der Waals surface area contributed by atoms with Gasteiger partial charge in [0.05, 0.1) is 12.1 Å². The molecular formula is C9H18N2O4. The number of hydrogen-bond donors (Lipinski definition) is 4. The van der Waals surface area contributed by atoms with Crippen LogP contribution in [0.3, 0.4) is 0 Å². The summed E-state index contributed by atoms with van der Waals surface area (Å²) < 4.78 is 0. The van der Waals surface area contributed by atoms with Crippen molar-refractivity contribution in [1.29, 1.82) is 0 Å². The van der Waals surface area contributed by atoms with E-state index in [0.717, 1.165) is 0 Å². The van der Waals surface area contributed by atoms with Gasteiger partial charge in [0.15, 0.2) is 0 Å². The lowest BCUT2D eigenvalue weighted by Gasteiger charge is -2.22. The Labute approximate surface area is 88.7 Å². The van der Waals surface area contributed by atoms with Gasteiger partial charge in [0, 0.05) is 13.2 Å². The molecule has 0 bridgehead atoms. The van der Waals surface area contributed by atoms with Crippen molar-refractivity contribution < 1.29 is 19.8 Å². The number of aliphatic hydroxyl groups is 2. The van der Waals surface area contributed by atoms with Crippen LogP contribution < -0.4 is 10.6 Å². The molecule has 4 N–H and O–H groups in total. The zero-order valence-corrected chi connectivity index (χ0v) is 9.04. The average molecular weight is 218 g/mol. The van der Waals surface area contributed by atoms with E-state index in [4.69, 9.17) is 10.2 Å². The van der Waals surface area contributed by atoms with Crippen LogP contribution in [0.4, 0.5) is 0 Å². The Balaban J connectivity index is 3.94. The SMILES string of the molecule is CC(C)(CO)NC(=O)C(=O)NCCCO. The second-order valence-electron chi connectivity index (χ2n) is 3.83. The van der Waals surface area contributed by atoms with Crippen LogP contribution >= 0.6 is 0 Å². The van der Waals surface area contributed by atoms with Gasteiger partial charge in [-0.2, -0.15) is 0 Å². The van der Waals surface area contributed by atoms with E-state index >= 15 is 0 Å². The van der Waals surface area contributed by atoms with Gasteiger partial charge in [0.1, 0.15) is 0 Å². The minimum absolute atomic E-state index is 0.0377. The van der Waals surface area contributed by atoms with Crippen molar-refractivity contribution in [2.45, 2.75) is 25.8 Å². The molecule has 0 heterocycles. The van der Waals surface area contributed by atoms with Crippen LogP contribution in [0.1, 0.15) is 20.3 Å². The van der Waals surface area contributed by atoms with Gasteiger partial charge in [0.25, 0.3) is 0 Å². The summed E-state index contributed by atoms with van der Waals surface area (Å²) in [4.78, 5) is 22.3. The number of carbonyl (C=O) groups excluding carboxylic acids is 2. The minimum Gasteiger partial charge on any atom is -0.396 e. The maximum Gasteiger partial charge on any atom is 0.309 e. The molecule has 0 rings (SSSR count). The summed E-state index contributed by atoms with van der Waals surface area (Å²) in [6.07, 6.45) is 0.405. The summed E-state index contributed by atoms with van der Waals surface area (Å²) in [7, 11) is 0. The van der Waals surface area contributed by atoms with E-state index in [1.807, 2.05) is 0 Å². The summed E-state index contributed by atoms with van der Waals surface area (Å²) >= 11 is 0. The van der Waals surface area contributed by atoms with Crippen molar-refractivity contribution in [3.63, 3.8) is 0 Å². The van der Waals surface area contributed by atoms with Crippen molar-refractivity contribution in [3.8, 4) is 0 Å². The molecule has 0 radical (unpaired) electrons. The summed E-state index contributed by atoms with van der Waals surface area (Å²) in [5.74, 6) is -1.54. The van der Waals surface area contributed by atoms with Crippen LogP contribution in [0.15, 0.2) is 0 Å². The van der Waals surface area contributed by atoms with Gasteiger partial charge in [-0.1, -0.05) is 0 Å². The quantitative estimate of drug-likeness (QED) is 0.329. The first-order valence-corrected chi connectivity index (χ1v) is 4.75. The fourth-order valence-electron chi connectivity index (χ4n) is 0.765. The lowest BCUT2D eigenvalue weighted by atomic mass is 10.1. The van der Waals surface area contributed by atoms with Gasteiger partial charge in [0.2, 0.25) is 0 Å². The summed E-state index contributed by atoms with van der Waals surface area (Å²) in [5.41, 5.74) is -0.814. The molecule has 0 aliphatic carbocycles. The monoisotopic (exact) mass is 218 g/mol. The first-order chi connectivity index (χ1) is 6.93. The van der Waals surface area contributed by atoms with Gasteiger partial charge in [-0.3, -0.25) is 9.59 Å². The third-order valence-corrected chi connectivity index (χ3v) is 1.67. The van der Waals surface area contributed by atoms with Crippen molar-refractivity contribution in [1.82, 2.24) is 10.6 Å². The maximum atomic E-state index is 11.2. The number of amides is 2. The van der Waals surface area contributed by atoms with E-state index in [2.05, 4.69) is 10.6 Å². The van der Waals surface area contributed by atoms with Crippen LogP contribution in [0.5, 0.6) is 0 Å². The minimum atomic E-state index is -0.814. The number of nitrogens with one attached hydrogen (secondary N) is 2. The normalized spacial score (nSPS) is 10.9. The molecule has 0 aromatic heterocycles. The molecule has 2 amide bonds. The summed E-state index contributed by atoms with van der Waals surface area (Å²) in [6, 6.07) is 0. The topological polar surface area (TPSA) is 98.7 Å². The Morgan fingerprint density at radius 1 is 1.20 bits per heavy atom.